The van der Waals surface area contributed by atoms with E-state index < -0.39 is 5.60 Å². The Hall–Kier alpha value is -1.55. The van der Waals surface area contributed by atoms with Gasteiger partial charge in [-0.25, -0.2) is 9.79 Å². The predicted molar refractivity (Wildman–Crippen MR) is 120 cm³/mol. The standard InChI is InChI=1S/C20H30N4O3.HI/c1-3-21-18(23-11-13-24(14-12-23)19(25)27-4-2)22-15-20(26)10-9-16-7-5-6-8-17(16)20;/h5-8,26H,3-4,9-15H2,1-2H3,(H,21,22);1H. The number of ether oxygens (including phenoxy) is 1. The van der Waals surface area contributed by atoms with E-state index in [0.29, 0.717) is 45.8 Å². The van der Waals surface area contributed by atoms with Crippen LogP contribution in [0.25, 0.3) is 0 Å². The Bertz CT molecular complexity index is 692. The van der Waals surface area contributed by atoms with Crippen LogP contribution in [0, 0.1) is 0 Å². The fraction of sp³-hybridized carbons (Fsp3) is 0.600. The third-order valence-electron chi connectivity index (χ3n) is 5.26. The molecule has 0 bridgehead atoms. The molecule has 1 fully saturated rings. The van der Waals surface area contributed by atoms with Crippen LogP contribution < -0.4 is 5.32 Å². The number of amides is 1. The van der Waals surface area contributed by atoms with Gasteiger partial charge in [-0.15, -0.1) is 24.0 Å². The second-order valence-corrected chi connectivity index (χ2v) is 7.03. The fourth-order valence-corrected chi connectivity index (χ4v) is 3.78. The number of aryl methyl sites for hydroxylation is 1. The number of nitrogens with zero attached hydrogens (tertiary/aromatic N) is 3. The number of guanidine groups is 1. The van der Waals surface area contributed by atoms with Crippen LogP contribution in [0.15, 0.2) is 29.3 Å². The van der Waals surface area contributed by atoms with Crippen LogP contribution in [0.4, 0.5) is 4.79 Å². The van der Waals surface area contributed by atoms with Crippen molar-refractivity contribution in [1.82, 2.24) is 15.1 Å². The summed E-state index contributed by atoms with van der Waals surface area (Å²) in [6.45, 7) is 7.94. The Morgan fingerprint density at radius 1 is 1.21 bits per heavy atom. The lowest BCUT2D eigenvalue weighted by Gasteiger charge is -2.36. The molecule has 0 aromatic heterocycles. The van der Waals surface area contributed by atoms with Gasteiger partial charge in [0, 0.05) is 32.7 Å². The molecule has 156 valence electrons. The largest absolute Gasteiger partial charge is 0.450 e. The van der Waals surface area contributed by atoms with E-state index in [0.717, 1.165) is 24.5 Å². The number of hydrogen-bond donors (Lipinski definition) is 2. The summed E-state index contributed by atoms with van der Waals surface area (Å²) in [5.74, 6) is 0.791. The first kappa shape index (κ1) is 22.7. The first-order valence-electron chi connectivity index (χ1n) is 9.83. The molecule has 1 saturated heterocycles. The number of hydrogen-bond acceptors (Lipinski definition) is 4. The summed E-state index contributed by atoms with van der Waals surface area (Å²) in [6.07, 6.45) is 1.33. The van der Waals surface area contributed by atoms with Crippen LogP contribution in [0.1, 0.15) is 31.4 Å². The van der Waals surface area contributed by atoms with Gasteiger partial charge in [0.15, 0.2) is 5.96 Å². The Kier molecular flexibility index (Phi) is 8.36. The summed E-state index contributed by atoms with van der Waals surface area (Å²) in [6, 6.07) is 8.07. The van der Waals surface area contributed by atoms with Crippen LogP contribution in [0.2, 0.25) is 0 Å². The smallest absolute Gasteiger partial charge is 0.409 e. The van der Waals surface area contributed by atoms with Crippen molar-refractivity contribution in [2.75, 3.05) is 45.9 Å². The molecule has 28 heavy (non-hydrogen) atoms. The van der Waals surface area contributed by atoms with E-state index in [2.05, 4.69) is 16.3 Å². The van der Waals surface area contributed by atoms with Crippen molar-refractivity contribution in [3.63, 3.8) is 0 Å². The number of aliphatic imine (C=N–C) groups is 1. The molecule has 2 aliphatic rings. The van der Waals surface area contributed by atoms with Crippen molar-refractivity contribution < 1.29 is 14.6 Å². The van der Waals surface area contributed by atoms with Crippen LogP contribution in [-0.4, -0.2) is 72.8 Å². The van der Waals surface area contributed by atoms with Gasteiger partial charge in [0.25, 0.3) is 0 Å². The number of nitrogens with one attached hydrogen (secondary N) is 1. The minimum atomic E-state index is -0.899. The van der Waals surface area contributed by atoms with Crippen molar-refractivity contribution >= 4 is 36.0 Å². The lowest BCUT2D eigenvalue weighted by molar-refractivity contribution is 0.0481. The van der Waals surface area contributed by atoms with Gasteiger partial charge in [-0.2, -0.15) is 0 Å². The Morgan fingerprint density at radius 3 is 2.57 bits per heavy atom. The molecule has 1 heterocycles. The molecule has 1 unspecified atom stereocenters. The van der Waals surface area contributed by atoms with Gasteiger partial charge < -0.3 is 25.0 Å². The number of carbonyl (C=O) groups is 1. The molecule has 0 radical (unpaired) electrons. The molecular weight excluding hydrogens is 471 g/mol. The maximum absolute atomic E-state index is 11.9. The van der Waals surface area contributed by atoms with Crippen molar-refractivity contribution in [1.29, 1.82) is 0 Å². The zero-order valence-corrected chi connectivity index (χ0v) is 19.0. The van der Waals surface area contributed by atoms with Gasteiger partial charge in [0.05, 0.1) is 13.2 Å². The highest BCUT2D eigenvalue weighted by Crippen LogP contribution is 2.36. The van der Waals surface area contributed by atoms with E-state index in [4.69, 9.17) is 9.73 Å². The molecule has 3 rings (SSSR count). The SMILES string of the molecule is CCNC(=NCC1(O)CCc2ccccc21)N1CCN(C(=O)OCC)CC1.I. The molecule has 7 nitrogen and oxygen atoms in total. The first-order chi connectivity index (χ1) is 13.1. The molecule has 1 aliphatic carbocycles. The third kappa shape index (κ3) is 5.08. The van der Waals surface area contributed by atoms with E-state index in [-0.39, 0.29) is 30.1 Å². The van der Waals surface area contributed by atoms with Crippen LogP contribution in [-0.2, 0) is 16.8 Å². The maximum atomic E-state index is 11.9. The Labute approximate surface area is 184 Å². The van der Waals surface area contributed by atoms with Crippen LogP contribution in [0.5, 0.6) is 0 Å². The summed E-state index contributed by atoms with van der Waals surface area (Å²) in [4.78, 5) is 20.5. The average molecular weight is 502 g/mol. The molecule has 2 N–H and O–H groups in total. The summed E-state index contributed by atoms with van der Waals surface area (Å²) >= 11 is 0. The minimum absolute atomic E-state index is 0. The highest BCUT2D eigenvalue weighted by molar-refractivity contribution is 14.0. The highest BCUT2D eigenvalue weighted by Gasteiger charge is 2.36. The Morgan fingerprint density at radius 2 is 1.89 bits per heavy atom. The molecule has 1 aromatic rings. The van der Waals surface area contributed by atoms with E-state index in [1.165, 1.54) is 5.56 Å². The summed E-state index contributed by atoms with van der Waals surface area (Å²) < 4.78 is 5.08. The van der Waals surface area contributed by atoms with Crippen molar-refractivity contribution in [3.05, 3.63) is 35.4 Å². The molecule has 1 amide bonds. The zero-order chi connectivity index (χ0) is 19.3. The lowest BCUT2D eigenvalue weighted by Crippen LogP contribution is -2.54. The maximum Gasteiger partial charge on any atom is 0.409 e. The first-order valence-corrected chi connectivity index (χ1v) is 9.83. The van der Waals surface area contributed by atoms with Gasteiger partial charge >= 0.3 is 6.09 Å². The molecule has 0 spiro atoms. The van der Waals surface area contributed by atoms with Crippen molar-refractivity contribution in [2.45, 2.75) is 32.3 Å². The van der Waals surface area contributed by atoms with E-state index in [1.807, 2.05) is 32.0 Å². The summed E-state index contributed by atoms with van der Waals surface area (Å²) in [7, 11) is 0. The van der Waals surface area contributed by atoms with Gasteiger partial charge in [-0.1, -0.05) is 24.3 Å². The number of rotatable bonds is 4. The van der Waals surface area contributed by atoms with Gasteiger partial charge in [-0.3, -0.25) is 0 Å². The third-order valence-corrected chi connectivity index (χ3v) is 5.26. The second kappa shape index (κ2) is 10.3. The molecule has 1 atom stereocenters. The average Bonchev–Trinajstić information content (AvgIpc) is 3.03. The molecule has 0 saturated carbocycles. The lowest BCUT2D eigenvalue weighted by atomic mass is 9.96. The molecular formula is C20H31IN4O3. The summed E-state index contributed by atoms with van der Waals surface area (Å²) in [5.41, 5.74) is 1.31. The zero-order valence-electron chi connectivity index (χ0n) is 16.7. The van der Waals surface area contributed by atoms with Crippen molar-refractivity contribution in [2.24, 2.45) is 4.99 Å². The fourth-order valence-electron chi connectivity index (χ4n) is 3.78. The Balaban J connectivity index is 0.00000280. The normalized spacial score (nSPS) is 21.8. The highest BCUT2D eigenvalue weighted by atomic mass is 127. The van der Waals surface area contributed by atoms with Gasteiger partial charge in [-0.05, 0) is 37.8 Å². The van der Waals surface area contributed by atoms with E-state index in [1.54, 1.807) is 4.90 Å². The molecule has 1 aliphatic heterocycles. The molecule has 1 aromatic carbocycles. The van der Waals surface area contributed by atoms with Gasteiger partial charge in [0.1, 0.15) is 5.60 Å². The molecule has 8 heteroatoms. The number of fused-ring (bicyclic) bond motifs is 1. The number of piperazine rings is 1. The van der Waals surface area contributed by atoms with E-state index in [9.17, 15) is 9.90 Å². The minimum Gasteiger partial charge on any atom is -0.450 e. The quantitative estimate of drug-likeness (QED) is 0.375. The van der Waals surface area contributed by atoms with E-state index >= 15 is 0 Å². The monoisotopic (exact) mass is 502 g/mol. The topological polar surface area (TPSA) is 77.4 Å². The summed E-state index contributed by atoms with van der Waals surface area (Å²) in [5, 5.41) is 14.4. The number of carbonyl (C=O) groups excluding carboxylic acids is 1. The van der Waals surface area contributed by atoms with Crippen molar-refractivity contribution in [3.8, 4) is 0 Å². The van der Waals surface area contributed by atoms with Gasteiger partial charge in [0.2, 0.25) is 0 Å². The number of halogens is 1. The second-order valence-electron chi connectivity index (χ2n) is 7.03. The number of aliphatic hydroxyl groups is 1. The number of benzene rings is 1. The van der Waals surface area contributed by atoms with Crippen LogP contribution in [0.3, 0.4) is 0 Å². The van der Waals surface area contributed by atoms with Crippen LogP contribution >= 0.6 is 24.0 Å². The predicted octanol–water partition coefficient (Wildman–Crippen LogP) is 2.18.